The van der Waals surface area contributed by atoms with Gasteiger partial charge in [-0.15, -0.1) is 0 Å². The van der Waals surface area contributed by atoms with Crippen LogP contribution in [0.15, 0.2) is 17.0 Å². The molecule has 0 spiro atoms. The van der Waals surface area contributed by atoms with Crippen LogP contribution in [0.2, 0.25) is 0 Å². The van der Waals surface area contributed by atoms with Crippen molar-refractivity contribution in [3.63, 3.8) is 0 Å². The molecule has 1 saturated heterocycles. The van der Waals surface area contributed by atoms with Crippen molar-refractivity contribution in [1.82, 2.24) is 9.97 Å². The number of nitrogens with zero attached hydrogens (tertiary/aromatic N) is 2. The van der Waals surface area contributed by atoms with Gasteiger partial charge in [-0.3, -0.25) is 0 Å². The minimum atomic E-state index is -2.55. The van der Waals surface area contributed by atoms with Gasteiger partial charge in [-0.2, -0.15) is 4.98 Å². The van der Waals surface area contributed by atoms with E-state index in [1.807, 2.05) is 0 Å². The van der Waals surface area contributed by atoms with Crippen molar-refractivity contribution in [1.29, 1.82) is 0 Å². The molecule has 5 heteroatoms. The van der Waals surface area contributed by atoms with Crippen LogP contribution in [0.5, 0.6) is 5.88 Å². The second kappa shape index (κ2) is 3.37. The van der Waals surface area contributed by atoms with Crippen molar-refractivity contribution < 1.29 is 16.3 Å². The van der Waals surface area contributed by atoms with Gasteiger partial charge in [0, 0.05) is 12.3 Å². The van der Waals surface area contributed by atoms with Crippen LogP contribution in [0.1, 0.15) is 6.85 Å². The summed E-state index contributed by atoms with van der Waals surface area (Å²) in [4.78, 5) is 7.48. The van der Waals surface area contributed by atoms with E-state index in [2.05, 4.69) is 30.6 Å². The summed E-state index contributed by atoms with van der Waals surface area (Å²) in [5.41, 5.74) is 0. The number of halogens is 1. The summed E-state index contributed by atoms with van der Waals surface area (Å²) < 4.78 is 46.5. The number of rotatable bonds is 2. The first-order chi connectivity index (χ1) is 7.68. The SMILES string of the molecule is [2H]C1([2H])OC([2H])([2H])C1([2H])Oc1ccnc(Br)n1. The molecule has 0 bridgehead atoms. The molecule has 4 nitrogen and oxygen atoms in total. The minimum Gasteiger partial charge on any atom is -0.469 e. The molecule has 0 amide bonds. The van der Waals surface area contributed by atoms with Crippen molar-refractivity contribution in [3.8, 4) is 5.88 Å². The molecule has 64 valence electrons. The number of hydrogen-bond donors (Lipinski definition) is 0. The lowest BCUT2D eigenvalue weighted by Gasteiger charge is -2.25. The summed E-state index contributed by atoms with van der Waals surface area (Å²) in [6.45, 7) is -5.10. The van der Waals surface area contributed by atoms with Gasteiger partial charge < -0.3 is 9.47 Å². The highest BCUT2D eigenvalue weighted by molar-refractivity contribution is 9.10. The zero-order chi connectivity index (χ0) is 12.9. The Morgan fingerprint density at radius 3 is 3.33 bits per heavy atom. The molecule has 0 N–H and O–H groups in total. The fourth-order valence-corrected chi connectivity index (χ4v) is 0.908. The number of hydrogen-bond acceptors (Lipinski definition) is 4. The second-order valence-electron chi connectivity index (χ2n) is 1.90. The van der Waals surface area contributed by atoms with Gasteiger partial charge in [-0.25, -0.2) is 4.98 Å². The van der Waals surface area contributed by atoms with Crippen LogP contribution in [0, 0.1) is 0 Å². The van der Waals surface area contributed by atoms with Gasteiger partial charge in [-0.05, 0) is 15.9 Å². The molecule has 2 rings (SSSR count). The maximum Gasteiger partial charge on any atom is 0.217 e. The summed E-state index contributed by atoms with van der Waals surface area (Å²) in [7, 11) is 0. The van der Waals surface area contributed by atoms with Crippen molar-refractivity contribution in [2.75, 3.05) is 13.1 Å². The van der Waals surface area contributed by atoms with Crippen LogP contribution in [0.25, 0.3) is 0 Å². The number of aromatic nitrogens is 2. The van der Waals surface area contributed by atoms with Gasteiger partial charge in [0.15, 0.2) is 4.73 Å². The van der Waals surface area contributed by atoms with Crippen LogP contribution in [0.3, 0.4) is 0 Å². The predicted molar refractivity (Wildman–Crippen MR) is 45.0 cm³/mol. The molecule has 0 aliphatic carbocycles. The van der Waals surface area contributed by atoms with E-state index in [0.29, 0.717) is 0 Å². The molecule has 0 aromatic carbocycles. The van der Waals surface area contributed by atoms with E-state index in [9.17, 15) is 0 Å². The molecular formula is C7H7BrN2O2. The Hall–Kier alpha value is -0.680. The number of ether oxygens (including phenoxy) is 2. The fraction of sp³-hybridized carbons (Fsp3) is 0.429. The molecule has 1 aromatic heterocycles. The molecule has 0 saturated carbocycles. The molecule has 0 unspecified atom stereocenters. The maximum atomic E-state index is 7.70. The summed E-state index contributed by atoms with van der Waals surface area (Å²) >= 11 is 2.98. The van der Waals surface area contributed by atoms with Crippen LogP contribution in [0.4, 0.5) is 0 Å². The molecule has 12 heavy (non-hydrogen) atoms. The van der Waals surface area contributed by atoms with E-state index < -0.39 is 19.2 Å². The molecule has 1 aromatic rings. The van der Waals surface area contributed by atoms with Gasteiger partial charge in [0.2, 0.25) is 5.88 Å². The fourth-order valence-electron chi connectivity index (χ4n) is 0.615. The normalized spacial score (nSPS) is 34.2. The monoisotopic (exact) mass is 235 g/mol. The zero-order valence-electron chi connectivity index (χ0n) is 10.7. The highest BCUT2D eigenvalue weighted by Gasteiger charge is 2.20. The van der Waals surface area contributed by atoms with E-state index in [-0.39, 0.29) is 10.6 Å². The molecular weight excluding hydrogens is 224 g/mol. The predicted octanol–water partition coefficient (Wildman–Crippen LogP) is 1.02. The van der Waals surface area contributed by atoms with Crippen molar-refractivity contribution in [3.05, 3.63) is 17.0 Å². The standard InChI is InChI=1S/C7H7BrN2O2/c8-7-9-2-1-6(10-7)12-5-3-11-4-5/h1-2,5H,3-4H2/i3D2,4D2,5D. The molecule has 1 fully saturated rings. The highest BCUT2D eigenvalue weighted by atomic mass is 79.9. The van der Waals surface area contributed by atoms with Crippen molar-refractivity contribution in [2.45, 2.75) is 6.08 Å². The van der Waals surface area contributed by atoms with E-state index in [0.717, 1.165) is 0 Å². The van der Waals surface area contributed by atoms with Gasteiger partial charge in [0.25, 0.3) is 0 Å². The van der Waals surface area contributed by atoms with Gasteiger partial charge in [-0.1, -0.05) is 0 Å². The molecule has 1 aliphatic heterocycles. The van der Waals surface area contributed by atoms with Crippen LogP contribution < -0.4 is 4.74 Å². The first-order valence-electron chi connectivity index (χ1n) is 5.56. The van der Waals surface area contributed by atoms with Crippen molar-refractivity contribution >= 4 is 15.9 Å². The molecule has 0 radical (unpaired) electrons. The zero-order valence-corrected chi connectivity index (χ0v) is 7.33. The first kappa shape index (κ1) is 4.02. The third-order valence-electron chi connectivity index (χ3n) is 1.09. The Morgan fingerprint density at radius 1 is 1.83 bits per heavy atom. The summed E-state index contributed by atoms with van der Waals surface area (Å²) in [5.74, 6) is -0.113. The van der Waals surface area contributed by atoms with Gasteiger partial charge in [0.05, 0.1) is 20.0 Å². The quantitative estimate of drug-likeness (QED) is 0.719. The lowest BCUT2D eigenvalue weighted by atomic mass is 10.3. The minimum absolute atomic E-state index is 0.113. The third-order valence-corrected chi connectivity index (χ3v) is 1.48. The topological polar surface area (TPSA) is 44.2 Å². The van der Waals surface area contributed by atoms with Gasteiger partial charge in [0.1, 0.15) is 6.08 Å². The molecule has 0 atom stereocenters. The van der Waals surface area contributed by atoms with E-state index in [4.69, 9.17) is 11.6 Å². The first-order valence-corrected chi connectivity index (χ1v) is 3.85. The highest BCUT2D eigenvalue weighted by Crippen LogP contribution is 2.14. The molecule has 2 heterocycles. The Balaban J connectivity index is 2.28. The largest absolute Gasteiger partial charge is 0.469 e. The lowest BCUT2D eigenvalue weighted by molar-refractivity contribution is -0.0814. The summed E-state index contributed by atoms with van der Waals surface area (Å²) in [6, 6.07) is 1.30. The Bertz CT molecular complexity index is 444. The van der Waals surface area contributed by atoms with E-state index in [1.54, 1.807) is 0 Å². The van der Waals surface area contributed by atoms with Gasteiger partial charge >= 0.3 is 0 Å². The van der Waals surface area contributed by atoms with Crippen LogP contribution in [-0.4, -0.2) is 29.2 Å². The average Bonchev–Trinajstić information content (AvgIpc) is 2.15. The second-order valence-corrected chi connectivity index (χ2v) is 2.61. The van der Waals surface area contributed by atoms with E-state index >= 15 is 0 Å². The third kappa shape index (κ3) is 1.73. The maximum absolute atomic E-state index is 7.70. The summed E-state index contributed by atoms with van der Waals surface area (Å²) in [5, 5.41) is 0. The Morgan fingerprint density at radius 2 is 2.67 bits per heavy atom. The lowest BCUT2D eigenvalue weighted by Crippen LogP contribution is -2.38. The average molecular weight is 236 g/mol. The smallest absolute Gasteiger partial charge is 0.217 e. The van der Waals surface area contributed by atoms with E-state index in [1.165, 1.54) is 12.3 Å². The Kier molecular flexibility index (Phi) is 1.13. The van der Waals surface area contributed by atoms with Crippen molar-refractivity contribution in [2.24, 2.45) is 0 Å². The molecule has 1 aliphatic rings. The summed E-state index contributed by atoms with van der Waals surface area (Å²) in [6.07, 6.45) is -1.17. The Labute approximate surface area is 85.1 Å². The van der Waals surface area contributed by atoms with Crippen LogP contribution >= 0.6 is 15.9 Å². The van der Waals surface area contributed by atoms with Crippen LogP contribution in [-0.2, 0) is 4.74 Å².